The van der Waals surface area contributed by atoms with Crippen LogP contribution in [0.25, 0.3) is 0 Å². The highest BCUT2D eigenvalue weighted by molar-refractivity contribution is 5.76. The number of hydrogen-bond acceptors (Lipinski definition) is 4. The Morgan fingerprint density at radius 2 is 2.05 bits per heavy atom. The third kappa shape index (κ3) is 3.24. The van der Waals surface area contributed by atoms with Crippen LogP contribution in [-0.2, 0) is 18.4 Å². The minimum Gasteiger partial charge on any atom is -0.391 e. The number of amides is 1. The molecule has 1 aliphatic rings. The van der Waals surface area contributed by atoms with Crippen LogP contribution in [-0.4, -0.2) is 44.2 Å². The number of aliphatic hydroxyl groups is 1. The fourth-order valence-corrected chi connectivity index (χ4v) is 2.72. The number of carbonyl (C=O) groups excluding carboxylic acids is 1. The number of rotatable bonds is 3. The van der Waals surface area contributed by atoms with Crippen molar-refractivity contribution in [3.05, 3.63) is 33.1 Å². The average molecular weight is 295 g/mol. The van der Waals surface area contributed by atoms with Gasteiger partial charge in [-0.3, -0.25) is 18.7 Å². The molecule has 0 bridgehead atoms. The first-order chi connectivity index (χ1) is 9.91. The molecule has 1 saturated carbocycles. The molecule has 1 N–H and O–H groups in total. The zero-order valence-corrected chi connectivity index (χ0v) is 12.4. The lowest BCUT2D eigenvalue weighted by Gasteiger charge is -2.35. The van der Waals surface area contributed by atoms with E-state index in [-0.39, 0.29) is 18.5 Å². The summed E-state index contributed by atoms with van der Waals surface area (Å²) in [6.07, 6.45) is 4.24. The first kappa shape index (κ1) is 15.5. The molecular formula is C14H21N3O4. The Labute approximate surface area is 122 Å². The van der Waals surface area contributed by atoms with Crippen LogP contribution < -0.4 is 11.2 Å². The zero-order valence-electron chi connectivity index (χ0n) is 12.4. The Kier molecular flexibility index (Phi) is 4.62. The van der Waals surface area contributed by atoms with E-state index < -0.39 is 17.4 Å². The standard InChI is InChI=1S/C14H21N3O4/c1-15(10-5-3-4-6-11(10)18)13(20)9-17-8-7-12(19)16(2)14(17)21/h7-8,10-11,18H,3-6,9H2,1-2H3. The zero-order chi connectivity index (χ0) is 15.6. The molecule has 0 spiro atoms. The maximum Gasteiger partial charge on any atom is 0.331 e. The van der Waals surface area contributed by atoms with Gasteiger partial charge in [0, 0.05) is 26.4 Å². The van der Waals surface area contributed by atoms with Crippen molar-refractivity contribution < 1.29 is 9.90 Å². The first-order valence-electron chi connectivity index (χ1n) is 7.12. The van der Waals surface area contributed by atoms with Gasteiger partial charge in [0.1, 0.15) is 6.54 Å². The van der Waals surface area contributed by atoms with E-state index in [4.69, 9.17) is 0 Å². The Bertz CT molecular complexity index is 634. The maximum atomic E-state index is 12.3. The van der Waals surface area contributed by atoms with Gasteiger partial charge < -0.3 is 10.0 Å². The molecule has 0 radical (unpaired) electrons. The monoisotopic (exact) mass is 295 g/mol. The van der Waals surface area contributed by atoms with Crippen LogP contribution in [0.4, 0.5) is 0 Å². The number of aromatic nitrogens is 2. The molecule has 0 aromatic carbocycles. The number of aliphatic hydroxyl groups excluding tert-OH is 1. The fourth-order valence-electron chi connectivity index (χ4n) is 2.72. The van der Waals surface area contributed by atoms with Crippen molar-refractivity contribution in [2.75, 3.05) is 7.05 Å². The second-order valence-corrected chi connectivity index (χ2v) is 5.55. The third-order valence-electron chi connectivity index (χ3n) is 4.15. The lowest BCUT2D eigenvalue weighted by Crippen LogP contribution is -2.48. The van der Waals surface area contributed by atoms with Crippen LogP contribution >= 0.6 is 0 Å². The lowest BCUT2D eigenvalue weighted by atomic mass is 9.91. The molecule has 21 heavy (non-hydrogen) atoms. The molecule has 7 heteroatoms. The molecule has 1 aliphatic carbocycles. The highest BCUT2D eigenvalue weighted by Crippen LogP contribution is 2.22. The van der Waals surface area contributed by atoms with E-state index in [2.05, 4.69) is 0 Å². The molecule has 1 fully saturated rings. The summed E-state index contributed by atoms with van der Waals surface area (Å²) >= 11 is 0. The average Bonchev–Trinajstić information content (AvgIpc) is 2.47. The van der Waals surface area contributed by atoms with Crippen molar-refractivity contribution in [2.45, 2.75) is 44.4 Å². The second kappa shape index (κ2) is 6.26. The molecule has 0 aliphatic heterocycles. The Balaban J connectivity index is 2.12. The van der Waals surface area contributed by atoms with Crippen molar-refractivity contribution in [3.8, 4) is 0 Å². The summed E-state index contributed by atoms with van der Waals surface area (Å²) < 4.78 is 2.16. The summed E-state index contributed by atoms with van der Waals surface area (Å²) in [4.78, 5) is 37.0. The predicted octanol–water partition coefficient (Wildman–Crippen LogP) is -0.691. The molecule has 7 nitrogen and oxygen atoms in total. The summed E-state index contributed by atoms with van der Waals surface area (Å²) in [5.41, 5.74) is -0.923. The highest BCUT2D eigenvalue weighted by Gasteiger charge is 2.29. The van der Waals surface area contributed by atoms with E-state index in [1.54, 1.807) is 7.05 Å². The molecular weight excluding hydrogens is 274 g/mol. The number of carbonyl (C=O) groups is 1. The summed E-state index contributed by atoms with van der Waals surface area (Å²) in [7, 11) is 3.02. The van der Waals surface area contributed by atoms with Crippen LogP contribution in [0.3, 0.4) is 0 Å². The largest absolute Gasteiger partial charge is 0.391 e. The normalized spacial score (nSPS) is 22.0. The van der Waals surface area contributed by atoms with Crippen LogP contribution in [0, 0.1) is 0 Å². The van der Waals surface area contributed by atoms with Gasteiger partial charge in [-0.15, -0.1) is 0 Å². The summed E-state index contributed by atoms with van der Waals surface area (Å²) in [5, 5.41) is 9.98. The molecule has 116 valence electrons. The maximum absolute atomic E-state index is 12.3. The van der Waals surface area contributed by atoms with Crippen molar-refractivity contribution in [2.24, 2.45) is 7.05 Å². The van der Waals surface area contributed by atoms with Gasteiger partial charge in [-0.1, -0.05) is 12.8 Å². The fraction of sp³-hybridized carbons (Fsp3) is 0.643. The van der Waals surface area contributed by atoms with Crippen LogP contribution in [0.15, 0.2) is 21.9 Å². The summed E-state index contributed by atoms with van der Waals surface area (Å²) in [6, 6.07) is 1.05. The van der Waals surface area contributed by atoms with Gasteiger partial charge in [-0.2, -0.15) is 0 Å². The summed E-state index contributed by atoms with van der Waals surface area (Å²) in [6.45, 7) is -0.132. The van der Waals surface area contributed by atoms with Crippen LogP contribution in [0.5, 0.6) is 0 Å². The molecule has 1 aromatic rings. The molecule has 2 atom stereocenters. The van der Waals surface area contributed by atoms with E-state index in [9.17, 15) is 19.5 Å². The second-order valence-electron chi connectivity index (χ2n) is 5.55. The van der Waals surface area contributed by atoms with E-state index in [0.717, 1.165) is 23.8 Å². The van der Waals surface area contributed by atoms with E-state index in [1.165, 1.54) is 28.8 Å². The van der Waals surface area contributed by atoms with E-state index >= 15 is 0 Å². The Hall–Kier alpha value is -1.89. The van der Waals surface area contributed by atoms with Gasteiger partial charge in [0.15, 0.2) is 0 Å². The van der Waals surface area contributed by atoms with Gasteiger partial charge in [0.25, 0.3) is 5.56 Å². The van der Waals surface area contributed by atoms with Crippen molar-refractivity contribution in [1.29, 1.82) is 0 Å². The number of nitrogens with zero attached hydrogens (tertiary/aromatic N) is 3. The minimum atomic E-state index is -0.520. The molecule has 2 unspecified atom stereocenters. The third-order valence-corrected chi connectivity index (χ3v) is 4.15. The van der Waals surface area contributed by atoms with Gasteiger partial charge in [0.05, 0.1) is 12.1 Å². The Morgan fingerprint density at radius 3 is 2.71 bits per heavy atom. The first-order valence-corrected chi connectivity index (χ1v) is 7.12. The highest BCUT2D eigenvalue weighted by atomic mass is 16.3. The Morgan fingerprint density at radius 1 is 1.38 bits per heavy atom. The lowest BCUT2D eigenvalue weighted by molar-refractivity contribution is -0.136. The summed E-state index contributed by atoms with van der Waals surface area (Å²) in [5.74, 6) is -0.248. The molecule has 1 aromatic heterocycles. The smallest absolute Gasteiger partial charge is 0.331 e. The number of hydrogen-bond donors (Lipinski definition) is 1. The van der Waals surface area contributed by atoms with Crippen LogP contribution in [0.1, 0.15) is 25.7 Å². The van der Waals surface area contributed by atoms with Crippen molar-refractivity contribution >= 4 is 5.91 Å². The van der Waals surface area contributed by atoms with Gasteiger partial charge in [-0.05, 0) is 12.8 Å². The number of likely N-dealkylation sites (N-methyl/N-ethyl adjacent to an activating group) is 1. The predicted molar refractivity (Wildman–Crippen MR) is 77.0 cm³/mol. The van der Waals surface area contributed by atoms with Gasteiger partial charge in [0.2, 0.25) is 5.91 Å². The molecule has 1 heterocycles. The topological polar surface area (TPSA) is 84.5 Å². The SMILES string of the molecule is CN(C(=O)Cn1ccc(=O)n(C)c1=O)C1CCCCC1O. The quantitative estimate of drug-likeness (QED) is 0.800. The van der Waals surface area contributed by atoms with Crippen LogP contribution in [0.2, 0.25) is 0 Å². The van der Waals surface area contributed by atoms with Crippen molar-refractivity contribution in [3.63, 3.8) is 0 Å². The van der Waals surface area contributed by atoms with E-state index in [1.807, 2.05) is 0 Å². The van der Waals surface area contributed by atoms with Crippen molar-refractivity contribution in [1.82, 2.24) is 14.0 Å². The molecule has 2 rings (SSSR count). The van der Waals surface area contributed by atoms with Gasteiger partial charge in [-0.25, -0.2) is 4.79 Å². The molecule has 1 amide bonds. The molecule has 0 saturated heterocycles. The van der Waals surface area contributed by atoms with E-state index in [0.29, 0.717) is 6.42 Å². The van der Waals surface area contributed by atoms with Gasteiger partial charge >= 0.3 is 5.69 Å². The minimum absolute atomic E-state index is 0.132.